The second kappa shape index (κ2) is 7.40. The molecular formula is C21H17BrN2O3. The van der Waals surface area contributed by atoms with Gasteiger partial charge < -0.3 is 9.15 Å². The van der Waals surface area contributed by atoms with Crippen LogP contribution in [0.3, 0.4) is 0 Å². The number of carbonyl (C=O) groups excluding carboxylic acids is 1. The van der Waals surface area contributed by atoms with Gasteiger partial charge in [-0.1, -0.05) is 40.2 Å². The van der Waals surface area contributed by atoms with Gasteiger partial charge in [-0.05, 0) is 42.0 Å². The summed E-state index contributed by atoms with van der Waals surface area (Å²) in [5.74, 6) is 1.00. The number of halogens is 1. The Morgan fingerprint density at radius 3 is 2.63 bits per heavy atom. The van der Waals surface area contributed by atoms with E-state index in [2.05, 4.69) is 21.0 Å². The second-order valence-corrected chi connectivity index (χ2v) is 7.05. The molecule has 3 aromatic rings. The Hall–Kier alpha value is -2.86. The van der Waals surface area contributed by atoms with Gasteiger partial charge in [0.1, 0.15) is 17.6 Å². The van der Waals surface area contributed by atoms with E-state index in [0.29, 0.717) is 23.5 Å². The third-order valence-corrected chi connectivity index (χ3v) is 5.03. The molecule has 5 nitrogen and oxygen atoms in total. The van der Waals surface area contributed by atoms with Gasteiger partial charge in [-0.2, -0.15) is 5.10 Å². The fraction of sp³-hybridized carbons (Fsp3) is 0.143. The van der Waals surface area contributed by atoms with E-state index < -0.39 is 0 Å². The van der Waals surface area contributed by atoms with Crippen molar-refractivity contribution in [2.24, 2.45) is 5.10 Å². The summed E-state index contributed by atoms with van der Waals surface area (Å²) in [5.41, 5.74) is 2.29. The van der Waals surface area contributed by atoms with Gasteiger partial charge >= 0.3 is 0 Å². The molecule has 0 spiro atoms. The summed E-state index contributed by atoms with van der Waals surface area (Å²) in [6.07, 6.45) is 2.19. The van der Waals surface area contributed by atoms with Crippen LogP contribution in [0.4, 0.5) is 0 Å². The van der Waals surface area contributed by atoms with Crippen molar-refractivity contribution in [3.63, 3.8) is 0 Å². The zero-order chi connectivity index (χ0) is 18.8. The van der Waals surface area contributed by atoms with Crippen LogP contribution >= 0.6 is 15.9 Å². The molecule has 0 saturated heterocycles. The predicted octanol–water partition coefficient (Wildman–Crippen LogP) is 5.04. The maximum absolute atomic E-state index is 13.3. The van der Waals surface area contributed by atoms with Gasteiger partial charge in [0.05, 0.1) is 24.6 Å². The summed E-state index contributed by atoms with van der Waals surface area (Å²) in [5, 5.41) is 6.14. The number of para-hydroxylation sites is 1. The molecule has 0 N–H and O–H groups in total. The summed E-state index contributed by atoms with van der Waals surface area (Å²) in [7, 11) is 1.55. The number of nitrogens with zero attached hydrogens (tertiary/aromatic N) is 2. The lowest BCUT2D eigenvalue weighted by Gasteiger charge is -2.20. The quantitative estimate of drug-likeness (QED) is 0.589. The summed E-state index contributed by atoms with van der Waals surface area (Å²) in [6, 6.07) is 18.4. The maximum atomic E-state index is 13.3. The lowest BCUT2D eigenvalue weighted by atomic mass is 10.0. The number of hydrazone groups is 1. The number of methoxy groups -OCH3 is 1. The number of hydrogen-bond acceptors (Lipinski definition) is 4. The largest absolute Gasteiger partial charge is 0.496 e. The molecule has 1 amide bonds. The highest BCUT2D eigenvalue weighted by Crippen LogP contribution is 2.35. The molecule has 0 unspecified atom stereocenters. The van der Waals surface area contributed by atoms with Crippen molar-refractivity contribution >= 4 is 27.5 Å². The molecule has 1 aromatic heterocycles. The van der Waals surface area contributed by atoms with E-state index in [4.69, 9.17) is 9.15 Å². The summed E-state index contributed by atoms with van der Waals surface area (Å²) >= 11 is 3.45. The zero-order valence-electron chi connectivity index (χ0n) is 14.6. The molecule has 2 heterocycles. The standard InChI is InChI=1S/C21H17BrN2O3/c1-26-19-6-3-2-5-16(19)21(25)24-18(20-7-4-12-27-20)13-17(23-24)14-8-10-15(22)11-9-14/h2-12,18H,13H2,1H3/t18-/m0/s1. The molecule has 1 aliphatic rings. The van der Waals surface area contributed by atoms with E-state index in [0.717, 1.165) is 15.7 Å². The first-order valence-corrected chi connectivity index (χ1v) is 9.30. The second-order valence-electron chi connectivity index (χ2n) is 6.14. The Morgan fingerprint density at radius 2 is 1.93 bits per heavy atom. The minimum absolute atomic E-state index is 0.221. The first-order valence-electron chi connectivity index (χ1n) is 8.51. The number of ether oxygens (including phenoxy) is 1. The molecule has 2 aromatic carbocycles. The van der Waals surface area contributed by atoms with E-state index in [1.807, 2.05) is 48.5 Å². The van der Waals surface area contributed by atoms with Crippen molar-refractivity contribution < 1.29 is 13.9 Å². The Kier molecular flexibility index (Phi) is 4.81. The predicted molar refractivity (Wildman–Crippen MR) is 106 cm³/mol. The molecule has 0 radical (unpaired) electrons. The van der Waals surface area contributed by atoms with Crippen molar-refractivity contribution in [2.45, 2.75) is 12.5 Å². The van der Waals surface area contributed by atoms with Crippen LogP contribution in [-0.2, 0) is 0 Å². The van der Waals surface area contributed by atoms with Gasteiger partial charge in [0.2, 0.25) is 0 Å². The van der Waals surface area contributed by atoms with Crippen LogP contribution in [0.2, 0.25) is 0 Å². The van der Waals surface area contributed by atoms with Crippen molar-refractivity contribution in [1.29, 1.82) is 0 Å². The van der Waals surface area contributed by atoms with E-state index >= 15 is 0 Å². The summed E-state index contributed by atoms with van der Waals surface area (Å²) in [6.45, 7) is 0. The van der Waals surface area contributed by atoms with Crippen molar-refractivity contribution in [3.8, 4) is 5.75 Å². The number of carbonyl (C=O) groups is 1. The zero-order valence-corrected chi connectivity index (χ0v) is 16.2. The molecule has 0 aliphatic carbocycles. The van der Waals surface area contributed by atoms with E-state index in [1.165, 1.54) is 5.01 Å². The number of rotatable bonds is 4. The van der Waals surface area contributed by atoms with Crippen LogP contribution in [0, 0.1) is 0 Å². The topological polar surface area (TPSA) is 55.0 Å². The molecule has 0 saturated carbocycles. The highest BCUT2D eigenvalue weighted by atomic mass is 79.9. The molecule has 6 heteroatoms. The van der Waals surface area contributed by atoms with Crippen LogP contribution < -0.4 is 4.74 Å². The Morgan fingerprint density at radius 1 is 1.15 bits per heavy atom. The molecule has 136 valence electrons. The van der Waals surface area contributed by atoms with Gasteiger partial charge in [-0.25, -0.2) is 5.01 Å². The molecule has 4 rings (SSSR count). The van der Waals surface area contributed by atoms with Crippen LogP contribution in [0.15, 0.2) is 80.9 Å². The van der Waals surface area contributed by atoms with Crippen molar-refractivity contribution in [3.05, 3.63) is 88.3 Å². The fourth-order valence-corrected chi connectivity index (χ4v) is 3.43. The third-order valence-electron chi connectivity index (χ3n) is 4.50. The number of hydrogen-bond donors (Lipinski definition) is 0. The summed E-state index contributed by atoms with van der Waals surface area (Å²) < 4.78 is 11.9. The number of amides is 1. The summed E-state index contributed by atoms with van der Waals surface area (Å²) in [4.78, 5) is 13.3. The van der Waals surface area contributed by atoms with Gasteiger partial charge in [-0.3, -0.25) is 4.79 Å². The Labute approximate surface area is 165 Å². The highest BCUT2D eigenvalue weighted by Gasteiger charge is 2.36. The van der Waals surface area contributed by atoms with Gasteiger partial charge in [0, 0.05) is 10.9 Å². The monoisotopic (exact) mass is 424 g/mol. The Balaban J connectivity index is 1.74. The van der Waals surface area contributed by atoms with Crippen LogP contribution in [0.25, 0.3) is 0 Å². The maximum Gasteiger partial charge on any atom is 0.278 e. The van der Waals surface area contributed by atoms with Crippen molar-refractivity contribution in [1.82, 2.24) is 5.01 Å². The van der Waals surface area contributed by atoms with E-state index in [9.17, 15) is 4.79 Å². The van der Waals surface area contributed by atoms with Gasteiger partial charge in [-0.15, -0.1) is 0 Å². The lowest BCUT2D eigenvalue weighted by Crippen LogP contribution is -2.27. The van der Waals surface area contributed by atoms with E-state index in [-0.39, 0.29) is 11.9 Å². The van der Waals surface area contributed by atoms with Crippen LogP contribution in [0.5, 0.6) is 5.75 Å². The highest BCUT2D eigenvalue weighted by molar-refractivity contribution is 9.10. The number of furan rings is 1. The first kappa shape index (κ1) is 17.5. The molecule has 27 heavy (non-hydrogen) atoms. The minimum atomic E-state index is -0.295. The SMILES string of the molecule is COc1ccccc1C(=O)N1N=C(c2ccc(Br)cc2)C[C@H]1c1ccco1. The molecule has 1 aliphatic heterocycles. The minimum Gasteiger partial charge on any atom is -0.496 e. The first-order chi connectivity index (χ1) is 13.2. The smallest absolute Gasteiger partial charge is 0.278 e. The number of benzene rings is 2. The molecule has 0 bridgehead atoms. The van der Waals surface area contributed by atoms with Gasteiger partial charge in [0.25, 0.3) is 5.91 Å². The molecule has 0 fully saturated rings. The molecule has 1 atom stereocenters. The average Bonchev–Trinajstić information content (AvgIpc) is 3.37. The normalized spacial score (nSPS) is 16.3. The molecular weight excluding hydrogens is 408 g/mol. The van der Waals surface area contributed by atoms with E-state index in [1.54, 1.807) is 25.5 Å². The third kappa shape index (κ3) is 3.40. The van der Waals surface area contributed by atoms with Crippen LogP contribution in [0.1, 0.15) is 34.1 Å². The Bertz CT molecular complexity index is 981. The lowest BCUT2D eigenvalue weighted by molar-refractivity contribution is 0.0689. The fourth-order valence-electron chi connectivity index (χ4n) is 3.16. The van der Waals surface area contributed by atoms with Gasteiger partial charge in [0.15, 0.2) is 0 Å². The average molecular weight is 425 g/mol. The van der Waals surface area contributed by atoms with Crippen LogP contribution in [-0.4, -0.2) is 23.7 Å². The van der Waals surface area contributed by atoms with Crippen molar-refractivity contribution in [2.75, 3.05) is 7.11 Å².